The summed E-state index contributed by atoms with van der Waals surface area (Å²) in [4.78, 5) is 0. The number of hydrogen-bond donors (Lipinski definition) is 0. The second kappa shape index (κ2) is 16.5. The van der Waals surface area contributed by atoms with E-state index < -0.39 is 0 Å². The molecule has 0 bridgehead atoms. The summed E-state index contributed by atoms with van der Waals surface area (Å²) < 4.78 is 0. The monoisotopic (exact) mass is 342 g/mol. The summed E-state index contributed by atoms with van der Waals surface area (Å²) in [7, 11) is 0. The Morgan fingerprint density at radius 2 is 0.500 bits per heavy atom. The van der Waals surface area contributed by atoms with E-state index in [0.717, 1.165) is 0 Å². The molecule has 0 aliphatic rings. The van der Waals surface area contributed by atoms with Crippen LogP contribution in [0.15, 0.2) is 0 Å². The normalized spacial score (nSPS) is 0. The van der Waals surface area contributed by atoms with Crippen LogP contribution >= 0.6 is 0 Å². The van der Waals surface area contributed by atoms with E-state index in [1.165, 1.54) is 0 Å². The van der Waals surface area contributed by atoms with Gasteiger partial charge in [-0.25, -0.2) is 0 Å². The van der Waals surface area contributed by atoms with Crippen LogP contribution in [0.1, 0.15) is 0 Å². The SMILES string of the molecule is O.O.[Eu].[Eu]. The van der Waals surface area contributed by atoms with Gasteiger partial charge in [0.15, 0.2) is 0 Å². The van der Waals surface area contributed by atoms with Gasteiger partial charge in [0.25, 0.3) is 0 Å². The molecule has 0 aromatic rings. The molecule has 0 rings (SSSR count). The molecule has 2 radical (unpaired) electrons. The molecule has 0 spiro atoms. The van der Waals surface area contributed by atoms with Crippen LogP contribution < -0.4 is 0 Å². The summed E-state index contributed by atoms with van der Waals surface area (Å²) in [6.45, 7) is 0. The van der Waals surface area contributed by atoms with Crippen LogP contribution in [-0.4, -0.2) is 11.0 Å². The predicted octanol–water partition coefficient (Wildman–Crippen LogP) is -1.65. The van der Waals surface area contributed by atoms with E-state index in [1.807, 2.05) is 0 Å². The van der Waals surface area contributed by atoms with E-state index in [-0.39, 0.29) is 110 Å². The van der Waals surface area contributed by atoms with Crippen LogP contribution in [-0.2, 0) is 0 Å². The molecule has 0 unspecified atom stereocenters. The zero-order valence-corrected chi connectivity index (χ0v) is 6.61. The summed E-state index contributed by atoms with van der Waals surface area (Å²) >= 11 is 0. The summed E-state index contributed by atoms with van der Waals surface area (Å²) in [5.74, 6) is 0. The third-order valence-corrected chi connectivity index (χ3v) is 0. The molecule has 4 heavy (non-hydrogen) atoms. The Bertz CT molecular complexity index is 4.00. The van der Waals surface area contributed by atoms with Crippen LogP contribution in [0.25, 0.3) is 0 Å². The first-order valence-electron chi connectivity index (χ1n) is 0. The van der Waals surface area contributed by atoms with Gasteiger partial charge in [-0.15, -0.1) is 0 Å². The molecule has 0 aliphatic carbocycles. The van der Waals surface area contributed by atoms with Gasteiger partial charge in [0.05, 0.1) is 0 Å². The van der Waals surface area contributed by atoms with Gasteiger partial charge in [0.2, 0.25) is 0 Å². The van der Waals surface area contributed by atoms with Crippen LogP contribution in [0.4, 0.5) is 0 Å². The smallest absolute Gasteiger partial charge is 0 e. The molecule has 30 valence electrons. The molecule has 0 aromatic carbocycles. The quantitative estimate of drug-likeness (QED) is 0.508. The van der Waals surface area contributed by atoms with Gasteiger partial charge in [0, 0.05) is 98.8 Å². The maximum atomic E-state index is 0. The molecule has 0 atom stereocenters. The minimum atomic E-state index is 0. The topological polar surface area (TPSA) is 63.0 Å². The average molecular weight is 340 g/mol. The van der Waals surface area contributed by atoms with Crippen molar-refractivity contribution in [3.05, 3.63) is 0 Å². The Morgan fingerprint density at radius 1 is 0.500 bits per heavy atom. The van der Waals surface area contributed by atoms with Gasteiger partial charge < -0.3 is 11.0 Å². The summed E-state index contributed by atoms with van der Waals surface area (Å²) in [5, 5.41) is 0. The van der Waals surface area contributed by atoms with Crippen molar-refractivity contribution in [3.63, 3.8) is 0 Å². The first-order valence-corrected chi connectivity index (χ1v) is 0. The maximum Gasteiger partial charge on any atom is 0 e. The molecule has 0 aromatic heterocycles. The Labute approximate surface area is 106 Å². The number of rotatable bonds is 0. The maximum absolute atomic E-state index is 0. The zero-order valence-electron chi connectivity index (χ0n) is 1.76. The third-order valence-electron chi connectivity index (χ3n) is 0. The predicted molar refractivity (Wildman–Crippen MR) is 7.23 cm³/mol. The van der Waals surface area contributed by atoms with Crippen molar-refractivity contribution in [2.75, 3.05) is 0 Å². The minimum absolute atomic E-state index is 0. The van der Waals surface area contributed by atoms with Gasteiger partial charge in [-0.2, -0.15) is 0 Å². The van der Waals surface area contributed by atoms with Gasteiger partial charge in [0.1, 0.15) is 0 Å². The van der Waals surface area contributed by atoms with E-state index in [9.17, 15) is 0 Å². The Hall–Kier alpha value is 3.09. The van der Waals surface area contributed by atoms with Crippen molar-refractivity contribution >= 4 is 0 Å². The Kier molecular flexibility index (Phi) is 114. The van der Waals surface area contributed by atoms with Crippen LogP contribution in [0, 0.1) is 98.8 Å². The summed E-state index contributed by atoms with van der Waals surface area (Å²) in [5.41, 5.74) is 0. The molecule has 0 aliphatic heterocycles. The molecule has 0 fully saturated rings. The van der Waals surface area contributed by atoms with E-state index in [4.69, 9.17) is 0 Å². The molecular formula is H4Eu2O2. The van der Waals surface area contributed by atoms with E-state index in [1.54, 1.807) is 0 Å². The molecule has 0 saturated carbocycles. The van der Waals surface area contributed by atoms with Crippen molar-refractivity contribution in [2.24, 2.45) is 0 Å². The second-order valence-electron chi connectivity index (χ2n) is 0. The molecule has 0 heterocycles. The van der Waals surface area contributed by atoms with Crippen molar-refractivity contribution in [2.45, 2.75) is 0 Å². The van der Waals surface area contributed by atoms with Crippen LogP contribution in [0.5, 0.6) is 0 Å². The molecule has 4 N–H and O–H groups in total. The largest absolute Gasteiger partial charge is 0.412 e. The third kappa shape index (κ3) is 8.92. The first kappa shape index (κ1) is 27.5. The van der Waals surface area contributed by atoms with E-state index in [0.29, 0.717) is 0 Å². The minimum Gasteiger partial charge on any atom is -0.412 e. The van der Waals surface area contributed by atoms with Gasteiger partial charge in [-0.05, 0) is 0 Å². The average Bonchev–Trinajstić information content (AvgIpc) is 0. The second-order valence-corrected chi connectivity index (χ2v) is 0. The standard InChI is InChI=1S/2Eu.2H2O/h;;2*1H2. The molecular weight excluding hydrogens is 336 g/mol. The van der Waals surface area contributed by atoms with Crippen molar-refractivity contribution < 1.29 is 110 Å². The Morgan fingerprint density at radius 3 is 0.500 bits per heavy atom. The fraction of sp³-hybridized carbons (Fsp3) is 0. The fourth-order valence-corrected chi connectivity index (χ4v) is 0. The van der Waals surface area contributed by atoms with Gasteiger partial charge in [-0.1, -0.05) is 0 Å². The van der Waals surface area contributed by atoms with Crippen LogP contribution in [0.3, 0.4) is 0 Å². The Balaban J connectivity index is 0. The molecule has 2 nitrogen and oxygen atoms in total. The fourth-order valence-electron chi connectivity index (χ4n) is 0. The summed E-state index contributed by atoms with van der Waals surface area (Å²) in [6, 6.07) is 0. The number of hydrogen-bond acceptors (Lipinski definition) is 0. The van der Waals surface area contributed by atoms with Gasteiger partial charge >= 0.3 is 0 Å². The van der Waals surface area contributed by atoms with E-state index >= 15 is 0 Å². The summed E-state index contributed by atoms with van der Waals surface area (Å²) in [6.07, 6.45) is 0. The van der Waals surface area contributed by atoms with E-state index in [2.05, 4.69) is 0 Å². The van der Waals surface area contributed by atoms with Gasteiger partial charge in [-0.3, -0.25) is 0 Å². The molecule has 0 saturated heterocycles. The first-order chi connectivity index (χ1) is 0. The van der Waals surface area contributed by atoms with Crippen molar-refractivity contribution in [1.29, 1.82) is 0 Å². The van der Waals surface area contributed by atoms with Crippen molar-refractivity contribution in [1.82, 2.24) is 0 Å². The van der Waals surface area contributed by atoms with Crippen LogP contribution in [0.2, 0.25) is 0 Å². The molecule has 4 heteroatoms. The zero-order chi connectivity index (χ0) is 0. The van der Waals surface area contributed by atoms with Crippen molar-refractivity contribution in [3.8, 4) is 0 Å². The molecule has 0 amide bonds.